The van der Waals surface area contributed by atoms with Crippen molar-refractivity contribution in [2.45, 2.75) is 6.92 Å². The second-order valence-corrected chi connectivity index (χ2v) is 0.930. The maximum Gasteiger partial charge on any atom is 0.268 e. The Morgan fingerprint density at radius 3 is 2.57 bits per heavy atom. The van der Waals surface area contributed by atoms with Crippen LogP contribution in [0.1, 0.15) is 6.92 Å². The van der Waals surface area contributed by atoms with Gasteiger partial charge in [0, 0.05) is 6.21 Å². The average molecular weight is 97.1 g/mol. The van der Waals surface area contributed by atoms with E-state index >= 15 is 0 Å². The van der Waals surface area contributed by atoms with Gasteiger partial charge in [0.15, 0.2) is 0 Å². The highest BCUT2D eigenvalue weighted by atomic mass is 16.1. The molecule has 0 aromatic rings. The van der Waals surface area contributed by atoms with E-state index in [0.717, 1.165) is 0 Å². The van der Waals surface area contributed by atoms with Gasteiger partial charge in [-0.25, -0.2) is 4.99 Å². The van der Waals surface area contributed by atoms with Crippen LogP contribution in [0.15, 0.2) is 17.6 Å². The predicted molar refractivity (Wildman–Crippen MR) is 29.4 cm³/mol. The molecule has 0 heterocycles. The van der Waals surface area contributed by atoms with E-state index in [1.54, 1.807) is 6.92 Å². The first kappa shape index (κ1) is 6.08. The van der Waals surface area contributed by atoms with Crippen LogP contribution in [0.5, 0.6) is 0 Å². The molecule has 0 aliphatic heterocycles. The molecule has 0 rings (SSSR count). The Morgan fingerprint density at radius 1 is 1.86 bits per heavy atom. The number of aliphatic imine (C=N–C) groups is 1. The summed E-state index contributed by atoms with van der Waals surface area (Å²) in [5.74, 6) is -0.289. The summed E-state index contributed by atoms with van der Waals surface area (Å²) >= 11 is 0. The molecule has 0 saturated heterocycles. The van der Waals surface area contributed by atoms with E-state index in [9.17, 15) is 4.79 Å². The summed E-state index contributed by atoms with van der Waals surface area (Å²) in [6, 6.07) is 0. The molecule has 2 heteroatoms. The molecule has 2 nitrogen and oxygen atoms in total. The third-order valence-corrected chi connectivity index (χ3v) is 0.431. The summed E-state index contributed by atoms with van der Waals surface area (Å²) in [5.41, 5.74) is 0. The molecule has 0 aromatic heterocycles. The highest BCUT2D eigenvalue weighted by Gasteiger charge is 1.79. The van der Waals surface area contributed by atoms with Gasteiger partial charge in [0.2, 0.25) is 0 Å². The Balaban J connectivity index is 3.58. The van der Waals surface area contributed by atoms with Crippen molar-refractivity contribution in [3.63, 3.8) is 0 Å². The largest absolute Gasteiger partial charge is 0.268 e. The van der Waals surface area contributed by atoms with Crippen molar-refractivity contribution in [2.24, 2.45) is 4.99 Å². The molecule has 0 saturated carbocycles. The lowest BCUT2D eigenvalue weighted by Crippen LogP contribution is -1.82. The van der Waals surface area contributed by atoms with Crippen molar-refractivity contribution >= 4 is 12.1 Å². The summed E-state index contributed by atoms with van der Waals surface area (Å²) in [4.78, 5) is 13.5. The summed E-state index contributed by atoms with van der Waals surface area (Å²) in [6.45, 7) is 4.90. The molecular weight excluding hydrogens is 90.1 g/mol. The van der Waals surface area contributed by atoms with Crippen LogP contribution in [0.4, 0.5) is 0 Å². The molecule has 0 fully saturated rings. The first-order chi connectivity index (χ1) is 3.31. The fourth-order valence-electron chi connectivity index (χ4n) is 0.180. The summed E-state index contributed by atoms with van der Waals surface area (Å²) in [5, 5.41) is 0. The van der Waals surface area contributed by atoms with E-state index in [4.69, 9.17) is 0 Å². The Kier molecular flexibility index (Phi) is 2.85. The van der Waals surface area contributed by atoms with Crippen molar-refractivity contribution in [1.29, 1.82) is 0 Å². The fourth-order valence-corrected chi connectivity index (χ4v) is 0.180. The van der Waals surface area contributed by atoms with E-state index in [1.165, 1.54) is 12.3 Å². The summed E-state index contributed by atoms with van der Waals surface area (Å²) in [7, 11) is 0. The van der Waals surface area contributed by atoms with E-state index in [0.29, 0.717) is 0 Å². The van der Waals surface area contributed by atoms with E-state index in [1.807, 2.05) is 0 Å². The van der Waals surface area contributed by atoms with E-state index in [2.05, 4.69) is 11.6 Å². The van der Waals surface area contributed by atoms with E-state index in [-0.39, 0.29) is 5.91 Å². The molecule has 0 radical (unpaired) electrons. The van der Waals surface area contributed by atoms with Gasteiger partial charge >= 0.3 is 0 Å². The van der Waals surface area contributed by atoms with E-state index < -0.39 is 0 Å². The van der Waals surface area contributed by atoms with Crippen LogP contribution < -0.4 is 0 Å². The number of rotatable bonds is 1. The zero-order chi connectivity index (χ0) is 5.70. The van der Waals surface area contributed by atoms with Gasteiger partial charge in [0.25, 0.3) is 5.91 Å². The van der Waals surface area contributed by atoms with Crippen LogP contribution in [-0.2, 0) is 4.79 Å². The minimum absolute atomic E-state index is 0.289. The minimum atomic E-state index is -0.289. The third-order valence-electron chi connectivity index (χ3n) is 0.431. The molecule has 7 heavy (non-hydrogen) atoms. The van der Waals surface area contributed by atoms with Gasteiger partial charge in [-0.15, -0.1) is 0 Å². The summed E-state index contributed by atoms with van der Waals surface area (Å²) < 4.78 is 0. The maximum absolute atomic E-state index is 10.1. The molecule has 0 unspecified atom stereocenters. The maximum atomic E-state index is 10.1. The highest BCUT2D eigenvalue weighted by Crippen LogP contribution is 1.70. The minimum Gasteiger partial charge on any atom is -0.268 e. The number of hydrogen-bond acceptors (Lipinski definition) is 1. The number of hydrogen-bond donors (Lipinski definition) is 0. The lowest BCUT2D eigenvalue weighted by Gasteiger charge is -1.72. The van der Waals surface area contributed by atoms with Crippen LogP contribution in [0.2, 0.25) is 0 Å². The van der Waals surface area contributed by atoms with Crippen molar-refractivity contribution < 1.29 is 4.79 Å². The molecule has 0 bridgehead atoms. The van der Waals surface area contributed by atoms with Crippen molar-refractivity contribution in [2.75, 3.05) is 0 Å². The topological polar surface area (TPSA) is 29.4 Å². The first-order valence-corrected chi connectivity index (χ1v) is 1.96. The Morgan fingerprint density at radius 2 is 2.43 bits per heavy atom. The van der Waals surface area contributed by atoms with Gasteiger partial charge < -0.3 is 0 Å². The molecule has 0 spiro atoms. The normalized spacial score (nSPS) is 9.29. The second-order valence-electron chi connectivity index (χ2n) is 0.930. The third kappa shape index (κ3) is 2.89. The van der Waals surface area contributed by atoms with Crippen LogP contribution in [0.25, 0.3) is 0 Å². The van der Waals surface area contributed by atoms with Crippen molar-refractivity contribution in [3.8, 4) is 0 Å². The smallest absolute Gasteiger partial charge is 0.268 e. The highest BCUT2D eigenvalue weighted by molar-refractivity contribution is 5.92. The first-order valence-electron chi connectivity index (χ1n) is 1.96. The summed E-state index contributed by atoms with van der Waals surface area (Å²) in [6.07, 6.45) is 2.60. The fraction of sp³-hybridized carbons (Fsp3) is 0.200. The number of carbonyl (C=O) groups is 1. The SMILES string of the molecule is C=CC(=O)N=CC. The predicted octanol–water partition coefficient (Wildman–Crippen LogP) is 0.790. The quantitative estimate of drug-likeness (QED) is 0.351. The van der Waals surface area contributed by atoms with Gasteiger partial charge in [0.1, 0.15) is 0 Å². The lowest BCUT2D eigenvalue weighted by molar-refractivity contribution is -0.113. The number of nitrogens with zero attached hydrogens (tertiary/aromatic N) is 1. The number of amides is 1. The molecule has 38 valence electrons. The zero-order valence-electron chi connectivity index (χ0n) is 4.22. The Labute approximate surface area is 42.6 Å². The van der Waals surface area contributed by atoms with Gasteiger partial charge in [0.05, 0.1) is 0 Å². The Hall–Kier alpha value is -0.920. The van der Waals surface area contributed by atoms with Gasteiger partial charge in [-0.2, -0.15) is 0 Å². The number of carbonyl (C=O) groups excluding carboxylic acids is 1. The molecule has 0 aliphatic carbocycles. The van der Waals surface area contributed by atoms with Gasteiger partial charge in [-0.1, -0.05) is 6.58 Å². The van der Waals surface area contributed by atoms with Gasteiger partial charge in [-0.05, 0) is 13.0 Å². The van der Waals surface area contributed by atoms with Gasteiger partial charge in [-0.3, -0.25) is 4.79 Å². The Bertz CT molecular complexity index is 105. The van der Waals surface area contributed by atoms with Crippen LogP contribution in [0, 0.1) is 0 Å². The lowest BCUT2D eigenvalue weighted by atomic mass is 10.6. The molecule has 0 aliphatic rings. The van der Waals surface area contributed by atoms with Crippen molar-refractivity contribution in [3.05, 3.63) is 12.7 Å². The van der Waals surface area contributed by atoms with Crippen LogP contribution in [-0.4, -0.2) is 12.1 Å². The monoisotopic (exact) mass is 97.1 g/mol. The molecule has 0 N–H and O–H groups in total. The molecule has 0 aromatic carbocycles. The molecule has 0 atom stereocenters. The van der Waals surface area contributed by atoms with Crippen LogP contribution >= 0.6 is 0 Å². The zero-order valence-corrected chi connectivity index (χ0v) is 4.22. The van der Waals surface area contributed by atoms with Crippen molar-refractivity contribution in [1.82, 2.24) is 0 Å². The molecule has 1 amide bonds. The second kappa shape index (κ2) is 3.28. The average Bonchev–Trinajstić information content (AvgIpc) is 1.68. The molecular formula is C5H7NO. The van der Waals surface area contributed by atoms with Crippen LogP contribution in [0.3, 0.4) is 0 Å². The standard InChI is InChI=1S/C5H7NO/c1-3-5(7)6-4-2/h3-4H,1H2,2H3.